The van der Waals surface area contributed by atoms with E-state index in [1.165, 1.54) is 0 Å². The van der Waals surface area contributed by atoms with Crippen LogP contribution in [0.2, 0.25) is 5.02 Å². The van der Waals surface area contributed by atoms with Gasteiger partial charge >= 0.3 is 0 Å². The summed E-state index contributed by atoms with van der Waals surface area (Å²) < 4.78 is 0. The highest BCUT2D eigenvalue weighted by molar-refractivity contribution is 6.30. The predicted octanol–water partition coefficient (Wildman–Crippen LogP) is 2.78. The molecule has 120 valence electrons. The Labute approximate surface area is 140 Å². The number of primary amides is 1. The molecule has 0 bridgehead atoms. The minimum atomic E-state index is -0.774. The average molecular weight is 331 g/mol. The molecule has 0 saturated heterocycles. The van der Waals surface area contributed by atoms with Crippen molar-refractivity contribution in [3.8, 4) is 0 Å². The van der Waals surface area contributed by atoms with E-state index in [-0.39, 0.29) is 5.91 Å². The lowest BCUT2D eigenvalue weighted by Gasteiger charge is -2.16. The van der Waals surface area contributed by atoms with Crippen LogP contribution in [0.4, 0.5) is 0 Å². The van der Waals surface area contributed by atoms with E-state index in [1.54, 1.807) is 36.4 Å². The normalized spacial score (nSPS) is 11.8. The third-order valence-corrected chi connectivity index (χ3v) is 3.74. The molecule has 0 aromatic heterocycles. The third-order valence-electron chi connectivity index (χ3n) is 3.49. The van der Waals surface area contributed by atoms with Crippen molar-refractivity contribution in [2.75, 3.05) is 0 Å². The fourth-order valence-corrected chi connectivity index (χ4v) is 2.55. The van der Waals surface area contributed by atoms with E-state index in [9.17, 15) is 9.59 Å². The molecule has 23 heavy (non-hydrogen) atoms. The summed E-state index contributed by atoms with van der Waals surface area (Å²) in [6.07, 6.45) is 0.322. The fourth-order valence-electron chi connectivity index (χ4n) is 2.43. The molecule has 2 aromatic rings. The van der Waals surface area contributed by atoms with Crippen LogP contribution in [0.3, 0.4) is 0 Å². The van der Waals surface area contributed by atoms with Crippen molar-refractivity contribution in [2.45, 2.75) is 26.3 Å². The number of amides is 2. The molecular formula is C18H19ClN2O2. The lowest BCUT2D eigenvalue weighted by Crippen LogP contribution is -2.45. The topological polar surface area (TPSA) is 72.2 Å². The van der Waals surface area contributed by atoms with E-state index in [1.807, 2.05) is 19.9 Å². The summed E-state index contributed by atoms with van der Waals surface area (Å²) in [6, 6.07) is 11.9. The molecule has 2 aromatic carbocycles. The molecule has 2 rings (SSSR count). The maximum atomic E-state index is 12.4. The van der Waals surface area contributed by atoms with Gasteiger partial charge in [-0.3, -0.25) is 9.59 Å². The zero-order valence-corrected chi connectivity index (χ0v) is 13.9. The van der Waals surface area contributed by atoms with Crippen LogP contribution in [-0.2, 0) is 11.2 Å². The Balaban J connectivity index is 2.14. The van der Waals surface area contributed by atoms with E-state index in [2.05, 4.69) is 5.32 Å². The molecule has 0 saturated carbocycles. The van der Waals surface area contributed by atoms with Gasteiger partial charge < -0.3 is 11.1 Å². The summed E-state index contributed by atoms with van der Waals surface area (Å²) in [6.45, 7) is 3.84. The minimum absolute atomic E-state index is 0.311. The Bertz CT molecular complexity index is 706. The van der Waals surface area contributed by atoms with Crippen molar-refractivity contribution >= 4 is 23.4 Å². The van der Waals surface area contributed by atoms with Crippen LogP contribution in [0.25, 0.3) is 0 Å². The van der Waals surface area contributed by atoms with Crippen LogP contribution in [0.5, 0.6) is 0 Å². The van der Waals surface area contributed by atoms with Crippen molar-refractivity contribution in [1.82, 2.24) is 5.32 Å². The number of nitrogens with two attached hydrogens (primary N) is 1. The third kappa shape index (κ3) is 4.83. The summed E-state index contributed by atoms with van der Waals surface area (Å²) in [5.74, 6) is -0.882. The van der Waals surface area contributed by atoms with Gasteiger partial charge in [-0.05, 0) is 43.7 Å². The molecule has 4 nitrogen and oxygen atoms in total. The number of carbonyl (C=O) groups excluding carboxylic acids is 2. The number of halogens is 1. The Morgan fingerprint density at radius 2 is 1.65 bits per heavy atom. The molecule has 3 N–H and O–H groups in total. The largest absolute Gasteiger partial charge is 0.368 e. The minimum Gasteiger partial charge on any atom is -0.368 e. The van der Waals surface area contributed by atoms with Crippen LogP contribution < -0.4 is 11.1 Å². The van der Waals surface area contributed by atoms with Crippen molar-refractivity contribution in [3.63, 3.8) is 0 Å². The average Bonchev–Trinajstić information content (AvgIpc) is 2.47. The van der Waals surface area contributed by atoms with Gasteiger partial charge in [-0.2, -0.15) is 0 Å². The Morgan fingerprint density at radius 1 is 1.09 bits per heavy atom. The van der Waals surface area contributed by atoms with Gasteiger partial charge in [0.15, 0.2) is 0 Å². The summed E-state index contributed by atoms with van der Waals surface area (Å²) in [4.78, 5) is 24.0. The Kier molecular flexibility index (Phi) is 5.40. The van der Waals surface area contributed by atoms with Gasteiger partial charge in [-0.15, -0.1) is 0 Å². The molecule has 0 spiro atoms. The number of hydrogen-bond acceptors (Lipinski definition) is 2. The van der Waals surface area contributed by atoms with Gasteiger partial charge in [-0.25, -0.2) is 0 Å². The van der Waals surface area contributed by atoms with E-state index in [4.69, 9.17) is 17.3 Å². The monoisotopic (exact) mass is 330 g/mol. The summed E-state index contributed by atoms with van der Waals surface area (Å²) in [5, 5.41) is 3.32. The molecule has 0 heterocycles. The number of carbonyl (C=O) groups is 2. The first-order valence-electron chi connectivity index (χ1n) is 7.28. The van der Waals surface area contributed by atoms with Crippen molar-refractivity contribution in [2.24, 2.45) is 5.73 Å². The lowest BCUT2D eigenvalue weighted by molar-refractivity contribution is -0.119. The molecule has 0 fully saturated rings. The maximum Gasteiger partial charge on any atom is 0.251 e. The number of hydrogen-bond donors (Lipinski definition) is 2. The molecule has 0 aliphatic heterocycles. The number of benzene rings is 2. The summed E-state index contributed by atoms with van der Waals surface area (Å²) >= 11 is 5.84. The standard InChI is InChI=1S/C18H19ClN2O2/c1-11-7-12(2)9-14(8-11)18(23)21-16(17(20)22)10-13-3-5-15(19)6-4-13/h3-9,16H,10H2,1-2H3,(H2,20,22)(H,21,23)/t16-/m1/s1. The van der Waals surface area contributed by atoms with Crippen LogP contribution in [0.1, 0.15) is 27.0 Å². The molecule has 5 heteroatoms. The Morgan fingerprint density at radius 3 is 2.17 bits per heavy atom. The molecule has 0 unspecified atom stereocenters. The van der Waals surface area contributed by atoms with Crippen molar-refractivity contribution in [3.05, 3.63) is 69.7 Å². The van der Waals surface area contributed by atoms with Gasteiger partial charge in [0.25, 0.3) is 5.91 Å². The maximum absolute atomic E-state index is 12.4. The van der Waals surface area contributed by atoms with Gasteiger partial charge in [-0.1, -0.05) is 40.9 Å². The molecule has 0 aliphatic rings. The highest BCUT2D eigenvalue weighted by Gasteiger charge is 2.19. The van der Waals surface area contributed by atoms with E-state index in [0.717, 1.165) is 16.7 Å². The molecule has 2 amide bonds. The molecule has 0 aliphatic carbocycles. The highest BCUT2D eigenvalue weighted by atomic mass is 35.5. The molecule has 0 radical (unpaired) electrons. The van der Waals surface area contributed by atoms with Crippen LogP contribution in [0.15, 0.2) is 42.5 Å². The van der Waals surface area contributed by atoms with E-state index in [0.29, 0.717) is 17.0 Å². The quantitative estimate of drug-likeness (QED) is 0.884. The number of aryl methyl sites for hydroxylation is 2. The summed E-state index contributed by atoms with van der Waals surface area (Å²) in [5.41, 5.74) is 8.79. The van der Waals surface area contributed by atoms with Crippen molar-refractivity contribution in [1.29, 1.82) is 0 Å². The van der Waals surface area contributed by atoms with Crippen LogP contribution >= 0.6 is 11.6 Å². The zero-order chi connectivity index (χ0) is 17.0. The molecular weight excluding hydrogens is 312 g/mol. The number of rotatable bonds is 5. The van der Waals surface area contributed by atoms with Gasteiger partial charge in [0.2, 0.25) is 5.91 Å². The van der Waals surface area contributed by atoms with E-state index >= 15 is 0 Å². The van der Waals surface area contributed by atoms with Crippen molar-refractivity contribution < 1.29 is 9.59 Å². The second-order valence-electron chi connectivity index (χ2n) is 5.64. The van der Waals surface area contributed by atoms with E-state index < -0.39 is 11.9 Å². The van der Waals surface area contributed by atoms with Crippen LogP contribution in [-0.4, -0.2) is 17.9 Å². The summed E-state index contributed by atoms with van der Waals surface area (Å²) in [7, 11) is 0. The zero-order valence-electron chi connectivity index (χ0n) is 13.1. The predicted molar refractivity (Wildman–Crippen MR) is 91.5 cm³/mol. The SMILES string of the molecule is Cc1cc(C)cc(C(=O)N[C@H](Cc2ccc(Cl)cc2)C(N)=O)c1. The lowest BCUT2D eigenvalue weighted by atomic mass is 10.0. The number of nitrogens with one attached hydrogen (secondary N) is 1. The van der Waals surface area contributed by atoms with Gasteiger partial charge in [0.05, 0.1) is 0 Å². The van der Waals surface area contributed by atoms with Gasteiger partial charge in [0.1, 0.15) is 6.04 Å². The second kappa shape index (κ2) is 7.29. The molecule has 1 atom stereocenters. The first-order chi connectivity index (χ1) is 10.8. The first-order valence-corrected chi connectivity index (χ1v) is 7.66. The Hall–Kier alpha value is -2.33. The van der Waals surface area contributed by atoms with Crippen LogP contribution in [0, 0.1) is 13.8 Å². The van der Waals surface area contributed by atoms with Gasteiger partial charge in [0, 0.05) is 17.0 Å². The fraction of sp³-hybridized carbons (Fsp3) is 0.222. The second-order valence-corrected chi connectivity index (χ2v) is 6.07. The highest BCUT2D eigenvalue weighted by Crippen LogP contribution is 2.12. The first kappa shape index (κ1) is 17.0. The smallest absolute Gasteiger partial charge is 0.251 e.